The quantitative estimate of drug-likeness (QED) is 0.855. The molecular formula is C14H21N3O4. The van der Waals surface area contributed by atoms with E-state index >= 15 is 0 Å². The Morgan fingerprint density at radius 3 is 2.95 bits per heavy atom. The lowest BCUT2D eigenvalue weighted by Gasteiger charge is -2.36. The summed E-state index contributed by atoms with van der Waals surface area (Å²) < 4.78 is 10.6. The van der Waals surface area contributed by atoms with E-state index in [1.165, 1.54) is 6.26 Å². The Morgan fingerprint density at radius 1 is 1.43 bits per heavy atom. The van der Waals surface area contributed by atoms with Gasteiger partial charge in [-0.2, -0.15) is 0 Å². The first-order valence-corrected chi connectivity index (χ1v) is 7.00. The van der Waals surface area contributed by atoms with Gasteiger partial charge >= 0.3 is 6.03 Å². The molecule has 0 bridgehead atoms. The molecule has 2 unspecified atom stereocenters. The van der Waals surface area contributed by atoms with Crippen LogP contribution in [-0.2, 0) is 16.1 Å². The zero-order chi connectivity index (χ0) is 15.2. The van der Waals surface area contributed by atoms with Gasteiger partial charge in [0.2, 0.25) is 5.91 Å². The molecule has 2 N–H and O–H groups in total. The summed E-state index contributed by atoms with van der Waals surface area (Å²) in [4.78, 5) is 25.5. The minimum atomic E-state index is -0.523. The Morgan fingerprint density at radius 2 is 2.24 bits per heavy atom. The molecule has 2 rings (SSSR count). The topological polar surface area (TPSA) is 83.8 Å². The molecule has 1 aliphatic rings. The van der Waals surface area contributed by atoms with Crippen LogP contribution in [0.1, 0.15) is 19.6 Å². The normalized spacial score (nSPS) is 22.8. The van der Waals surface area contributed by atoms with Gasteiger partial charge in [0.05, 0.1) is 32.1 Å². The number of hydrogen-bond acceptors (Lipinski definition) is 5. The number of amides is 3. The second-order valence-corrected chi connectivity index (χ2v) is 5.23. The SMILES string of the molecule is CC1CN(CC(=O)NC(=O)NCc2ccco2)C(C)CO1. The van der Waals surface area contributed by atoms with E-state index in [1.807, 2.05) is 18.7 Å². The molecule has 1 aromatic heterocycles. The van der Waals surface area contributed by atoms with Gasteiger partial charge < -0.3 is 14.5 Å². The average Bonchev–Trinajstić information content (AvgIpc) is 2.94. The number of nitrogens with one attached hydrogen (secondary N) is 2. The molecule has 7 nitrogen and oxygen atoms in total. The smallest absolute Gasteiger partial charge is 0.321 e. The number of carbonyl (C=O) groups excluding carboxylic acids is 2. The minimum Gasteiger partial charge on any atom is -0.467 e. The lowest BCUT2D eigenvalue weighted by atomic mass is 10.2. The first-order valence-electron chi connectivity index (χ1n) is 7.00. The molecule has 2 atom stereocenters. The molecule has 0 saturated carbocycles. The van der Waals surface area contributed by atoms with Crippen LogP contribution in [0.4, 0.5) is 4.79 Å². The van der Waals surface area contributed by atoms with E-state index in [2.05, 4.69) is 10.6 Å². The van der Waals surface area contributed by atoms with Crippen molar-refractivity contribution in [1.82, 2.24) is 15.5 Å². The predicted octanol–water partition coefficient (Wildman–Crippen LogP) is 0.715. The number of urea groups is 1. The van der Waals surface area contributed by atoms with Crippen molar-refractivity contribution in [2.45, 2.75) is 32.5 Å². The summed E-state index contributed by atoms with van der Waals surface area (Å²) in [5.74, 6) is 0.307. The van der Waals surface area contributed by atoms with Crippen LogP contribution >= 0.6 is 0 Å². The van der Waals surface area contributed by atoms with Crippen molar-refractivity contribution >= 4 is 11.9 Å². The maximum absolute atomic E-state index is 11.9. The molecule has 0 spiro atoms. The van der Waals surface area contributed by atoms with Crippen LogP contribution in [0, 0.1) is 0 Å². The Labute approximate surface area is 123 Å². The van der Waals surface area contributed by atoms with E-state index in [1.54, 1.807) is 12.1 Å². The number of furan rings is 1. The summed E-state index contributed by atoms with van der Waals surface area (Å²) in [6, 6.07) is 3.13. The summed E-state index contributed by atoms with van der Waals surface area (Å²) in [7, 11) is 0. The standard InChI is InChI=1S/C14H21N3O4/c1-10-9-21-11(2)7-17(10)8-13(18)16-14(19)15-6-12-4-3-5-20-12/h3-5,10-11H,6-9H2,1-2H3,(H2,15,16,18,19). The third-order valence-electron chi connectivity index (χ3n) is 3.34. The number of rotatable bonds is 4. The van der Waals surface area contributed by atoms with Crippen molar-refractivity contribution in [2.75, 3.05) is 19.7 Å². The van der Waals surface area contributed by atoms with E-state index in [-0.39, 0.29) is 31.1 Å². The Kier molecular flexibility index (Phi) is 5.35. The molecule has 1 fully saturated rings. The van der Waals surface area contributed by atoms with Crippen molar-refractivity contribution in [3.63, 3.8) is 0 Å². The highest BCUT2D eigenvalue weighted by Gasteiger charge is 2.25. The fourth-order valence-electron chi connectivity index (χ4n) is 2.17. The van der Waals surface area contributed by atoms with Gasteiger partial charge in [-0.1, -0.05) is 0 Å². The fourth-order valence-corrected chi connectivity index (χ4v) is 2.17. The van der Waals surface area contributed by atoms with Gasteiger partial charge in [-0.3, -0.25) is 15.0 Å². The van der Waals surface area contributed by atoms with Crippen LogP contribution in [0.2, 0.25) is 0 Å². The first-order chi connectivity index (χ1) is 10.0. The minimum absolute atomic E-state index is 0.0989. The molecule has 1 aliphatic heterocycles. The molecule has 116 valence electrons. The van der Waals surface area contributed by atoms with Crippen molar-refractivity contribution in [3.05, 3.63) is 24.2 Å². The number of nitrogens with zero attached hydrogens (tertiary/aromatic N) is 1. The van der Waals surface area contributed by atoms with Crippen LogP contribution in [-0.4, -0.2) is 48.7 Å². The van der Waals surface area contributed by atoms with Gasteiger partial charge in [0, 0.05) is 12.6 Å². The van der Waals surface area contributed by atoms with Gasteiger partial charge in [0.25, 0.3) is 0 Å². The fraction of sp³-hybridized carbons (Fsp3) is 0.571. The number of imide groups is 1. The monoisotopic (exact) mass is 295 g/mol. The summed E-state index contributed by atoms with van der Waals surface area (Å²) in [6.07, 6.45) is 1.63. The highest BCUT2D eigenvalue weighted by molar-refractivity contribution is 5.95. The Bertz CT molecular complexity index is 475. The first kappa shape index (κ1) is 15.5. The second-order valence-electron chi connectivity index (χ2n) is 5.23. The number of carbonyl (C=O) groups is 2. The van der Waals surface area contributed by atoms with Gasteiger partial charge in [-0.25, -0.2) is 4.79 Å². The Balaban J connectivity index is 1.72. The zero-order valence-electron chi connectivity index (χ0n) is 12.3. The van der Waals surface area contributed by atoms with Crippen LogP contribution in [0.3, 0.4) is 0 Å². The van der Waals surface area contributed by atoms with Gasteiger partial charge in [-0.05, 0) is 26.0 Å². The zero-order valence-corrected chi connectivity index (χ0v) is 12.3. The van der Waals surface area contributed by atoms with Gasteiger partial charge in [0.1, 0.15) is 5.76 Å². The Hall–Kier alpha value is -1.86. The van der Waals surface area contributed by atoms with Crippen molar-refractivity contribution in [1.29, 1.82) is 0 Å². The molecule has 0 aromatic carbocycles. The maximum Gasteiger partial charge on any atom is 0.321 e. The van der Waals surface area contributed by atoms with E-state index in [0.29, 0.717) is 18.9 Å². The highest BCUT2D eigenvalue weighted by atomic mass is 16.5. The molecule has 0 aliphatic carbocycles. The van der Waals surface area contributed by atoms with Crippen LogP contribution in [0.25, 0.3) is 0 Å². The van der Waals surface area contributed by atoms with E-state index in [0.717, 1.165) is 0 Å². The summed E-state index contributed by atoms with van der Waals surface area (Å²) in [5, 5.41) is 4.88. The third kappa shape index (κ3) is 4.87. The van der Waals surface area contributed by atoms with Crippen LogP contribution in [0.5, 0.6) is 0 Å². The molecular weight excluding hydrogens is 274 g/mol. The average molecular weight is 295 g/mol. The lowest BCUT2D eigenvalue weighted by Crippen LogP contribution is -2.52. The maximum atomic E-state index is 11.9. The van der Waals surface area contributed by atoms with Gasteiger partial charge in [-0.15, -0.1) is 0 Å². The lowest BCUT2D eigenvalue weighted by molar-refractivity contribution is -0.124. The van der Waals surface area contributed by atoms with E-state index < -0.39 is 6.03 Å². The third-order valence-corrected chi connectivity index (χ3v) is 3.34. The largest absolute Gasteiger partial charge is 0.467 e. The van der Waals surface area contributed by atoms with Gasteiger partial charge in [0.15, 0.2) is 0 Å². The summed E-state index contributed by atoms with van der Waals surface area (Å²) in [5.41, 5.74) is 0. The van der Waals surface area contributed by atoms with E-state index in [4.69, 9.17) is 9.15 Å². The summed E-state index contributed by atoms with van der Waals surface area (Å²) >= 11 is 0. The van der Waals surface area contributed by atoms with Crippen molar-refractivity contribution in [3.8, 4) is 0 Å². The molecule has 2 heterocycles. The van der Waals surface area contributed by atoms with Crippen LogP contribution in [0.15, 0.2) is 22.8 Å². The molecule has 7 heteroatoms. The molecule has 0 radical (unpaired) electrons. The molecule has 3 amide bonds. The highest BCUT2D eigenvalue weighted by Crippen LogP contribution is 2.10. The van der Waals surface area contributed by atoms with Crippen LogP contribution < -0.4 is 10.6 Å². The van der Waals surface area contributed by atoms with Crippen molar-refractivity contribution in [2.24, 2.45) is 0 Å². The second kappa shape index (κ2) is 7.24. The van der Waals surface area contributed by atoms with Crippen molar-refractivity contribution < 1.29 is 18.7 Å². The number of hydrogen-bond donors (Lipinski definition) is 2. The molecule has 21 heavy (non-hydrogen) atoms. The predicted molar refractivity (Wildman–Crippen MR) is 75.5 cm³/mol. The van der Waals surface area contributed by atoms with E-state index in [9.17, 15) is 9.59 Å². The molecule has 1 saturated heterocycles. The molecule has 1 aromatic rings. The summed E-state index contributed by atoms with van der Waals surface area (Å²) in [6.45, 7) is 5.67. The number of morpholine rings is 1. The number of ether oxygens (including phenoxy) is 1.